The van der Waals surface area contributed by atoms with E-state index in [2.05, 4.69) is 50.0 Å². The molecule has 0 aliphatic carbocycles. The fourth-order valence-corrected chi connectivity index (χ4v) is 2.84. The van der Waals surface area contributed by atoms with Crippen LogP contribution in [0.25, 0.3) is 0 Å². The molecular weight excluding hydrogens is 492 g/mol. The molecule has 37 heavy (non-hydrogen) atoms. The molecule has 0 N–H and O–H groups in total. The fraction of sp³-hybridized carbons (Fsp3) is 0.520. The van der Waals surface area contributed by atoms with Crippen molar-refractivity contribution in [3.63, 3.8) is 0 Å². The predicted molar refractivity (Wildman–Crippen MR) is 128 cm³/mol. The minimum Gasteiger partial charge on any atom is -0.423 e. The summed E-state index contributed by atoms with van der Waals surface area (Å²) in [5.41, 5.74) is -1.20. The minimum absolute atomic E-state index is 0.225. The summed E-state index contributed by atoms with van der Waals surface area (Å²) in [7, 11) is 0. The van der Waals surface area contributed by atoms with Crippen LogP contribution in [-0.4, -0.2) is 48.0 Å². The van der Waals surface area contributed by atoms with E-state index in [4.69, 9.17) is 14.2 Å². The fourth-order valence-electron chi connectivity index (χ4n) is 2.84. The average Bonchev–Trinajstić information content (AvgIpc) is 3.46. The van der Waals surface area contributed by atoms with Crippen molar-refractivity contribution < 1.29 is 57.1 Å². The summed E-state index contributed by atoms with van der Waals surface area (Å²) in [4.78, 5) is 41.5. The van der Waals surface area contributed by atoms with Crippen molar-refractivity contribution >= 4 is 24.6 Å². The zero-order valence-electron chi connectivity index (χ0n) is 22.0. The number of ether oxygens (including phenoxy) is 8. The Morgan fingerprint density at radius 2 is 1.16 bits per heavy atom. The maximum atomic E-state index is 10.7. The largest absolute Gasteiger partial charge is 0.514 e. The summed E-state index contributed by atoms with van der Waals surface area (Å²) in [6, 6.07) is 0. The van der Waals surface area contributed by atoms with Crippen molar-refractivity contribution in [3.8, 4) is 0 Å². The SMILES string of the molecule is C=C1OC(=O)OC1(C)C.C=C1OC(=O)OC1(CC)CC.C=C1OC(=O)OC1C.C=C1OC(=O)OC1CC. The van der Waals surface area contributed by atoms with E-state index in [-0.39, 0.29) is 12.2 Å². The van der Waals surface area contributed by atoms with Crippen molar-refractivity contribution in [1.82, 2.24) is 0 Å². The quantitative estimate of drug-likeness (QED) is 0.306. The molecule has 0 amide bonds. The minimum atomic E-state index is -0.662. The topological polar surface area (TPSA) is 142 Å². The van der Waals surface area contributed by atoms with Gasteiger partial charge in [0.25, 0.3) is 0 Å². The highest BCUT2D eigenvalue weighted by Gasteiger charge is 2.43. The average molecular weight is 527 g/mol. The van der Waals surface area contributed by atoms with Gasteiger partial charge < -0.3 is 37.9 Å². The molecule has 0 saturated carbocycles. The lowest BCUT2D eigenvalue weighted by Crippen LogP contribution is -2.27. The van der Waals surface area contributed by atoms with E-state index < -0.39 is 35.8 Å². The van der Waals surface area contributed by atoms with Gasteiger partial charge in [-0.3, -0.25) is 0 Å². The van der Waals surface area contributed by atoms with Crippen molar-refractivity contribution in [1.29, 1.82) is 0 Å². The lowest BCUT2D eigenvalue weighted by Gasteiger charge is -2.21. The maximum absolute atomic E-state index is 10.7. The van der Waals surface area contributed by atoms with Crippen LogP contribution >= 0.6 is 0 Å². The summed E-state index contributed by atoms with van der Waals surface area (Å²) >= 11 is 0. The first-order valence-corrected chi connectivity index (χ1v) is 11.5. The van der Waals surface area contributed by atoms with Gasteiger partial charge in [-0.15, -0.1) is 0 Å². The van der Waals surface area contributed by atoms with Crippen molar-refractivity contribution in [2.75, 3.05) is 0 Å². The second-order valence-electron chi connectivity index (χ2n) is 8.38. The highest BCUT2D eigenvalue weighted by Crippen LogP contribution is 2.35. The van der Waals surface area contributed by atoms with Crippen LogP contribution in [0.1, 0.15) is 60.8 Å². The number of carbonyl (C=O) groups excluding carboxylic acids is 4. The molecule has 4 fully saturated rings. The van der Waals surface area contributed by atoms with E-state index in [1.807, 2.05) is 20.8 Å². The highest BCUT2D eigenvalue weighted by atomic mass is 16.8. The van der Waals surface area contributed by atoms with Crippen molar-refractivity contribution in [2.45, 2.75) is 84.2 Å². The first kappa shape index (κ1) is 31.1. The Bertz CT molecular complexity index is 957. The lowest BCUT2D eigenvalue weighted by molar-refractivity contribution is 0.0599. The Labute approximate surface area is 215 Å². The van der Waals surface area contributed by atoms with Crippen LogP contribution < -0.4 is 0 Å². The van der Waals surface area contributed by atoms with Gasteiger partial charge in [0, 0.05) is 0 Å². The Kier molecular flexibility index (Phi) is 10.8. The van der Waals surface area contributed by atoms with Gasteiger partial charge >= 0.3 is 24.6 Å². The normalized spacial score (nSPS) is 24.2. The Morgan fingerprint density at radius 1 is 0.676 bits per heavy atom. The summed E-state index contributed by atoms with van der Waals surface area (Å²) in [6.45, 7) is 25.0. The third kappa shape index (κ3) is 8.58. The molecule has 0 bridgehead atoms. The number of rotatable bonds is 3. The van der Waals surface area contributed by atoms with Crippen molar-refractivity contribution in [3.05, 3.63) is 49.4 Å². The third-order valence-corrected chi connectivity index (χ3v) is 5.48. The molecule has 4 saturated heterocycles. The molecule has 4 rings (SSSR count). The predicted octanol–water partition coefficient (Wildman–Crippen LogP) is 6.17. The molecule has 4 aliphatic heterocycles. The van der Waals surface area contributed by atoms with E-state index in [0.29, 0.717) is 35.9 Å². The van der Waals surface area contributed by atoms with Gasteiger partial charge in [-0.1, -0.05) is 47.1 Å². The third-order valence-electron chi connectivity index (χ3n) is 5.48. The van der Waals surface area contributed by atoms with E-state index in [1.54, 1.807) is 20.8 Å². The summed E-state index contributed by atoms with van der Waals surface area (Å²) in [5, 5.41) is 0. The van der Waals surface area contributed by atoms with Gasteiger partial charge in [-0.25, -0.2) is 19.2 Å². The van der Waals surface area contributed by atoms with Crippen LogP contribution in [0.5, 0.6) is 0 Å². The molecule has 2 unspecified atom stereocenters. The van der Waals surface area contributed by atoms with E-state index >= 15 is 0 Å². The van der Waals surface area contributed by atoms with E-state index in [1.165, 1.54) is 0 Å². The molecule has 2 atom stereocenters. The monoisotopic (exact) mass is 526 g/mol. The van der Waals surface area contributed by atoms with Gasteiger partial charge in [0.05, 0.1) is 0 Å². The van der Waals surface area contributed by atoms with Gasteiger partial charge in [0.1, 0.15) is 23.0 Å². The molecule has 0 radical (unpaired) electrons. The van der Waals surface area contributed by atoms with Crippen LogP contribution in [0.2, 0.25) is 0 Å². The van der Waals surface area contributed by atoms with Crippen LogP contribution in [0.4, 0.5) is 19.2 Å². The molecule has 206 valence electrons. The zero-order valence-corrected chi connectivity index (χ0v) is 22.0. The summed E-state index contributed by atoms with van der Waals surface area (Å²) in [6.07, 6.45) is -0.912. The highest BCUT2D eigenvalue weighted by molar-refractivity contribution is 5.66. The Morgan fingerprint density at radius 3 is 1.32 bits per heavy atom. The second-order valence-corrected chi connectivity index (χ2v) is 8.38. The number of cyclic esters (lactones) is 8. The van der Waals surface area contributed by atoms with Crippen LogP contribution in [0.3, 0.4) is 0 Å². The van der Waals surface area contributed by atoms with E-state index in [9.17, 15) is 19.2 Å². The second kappa shape index (κ2) is 12.8. The molecular formula is C25H34O12. The van der Waals surface area contributed by atoms with Crippen LogP contribution in [0, 0.1) is 0 Å². The van der Waals surface area contributed by atoms with E-state index in [0.717, 1.165) is 6.42 Å². The molecule has 0 aromatic carbocycles. The standard InChI is InChI=1S/C8H12O3.2C6H8O3.C5H6O3/c1-4-8(5-2)6(3)10-7(9)11-8;1-4-6(2,3)9-5(7)8-4;1-3-5-4(2)8-6(7)9-5;1-3-4(2)8-5(6)7-3/h3-5H2,1-2H3;1H2,2-3H3;5H,2-3H2,1H3;4H,1H2,2H3. The first-order chi connectivity index (χ1) is 17.1. The van der Waals surface area contributed by atoms with Gasteiger partial charge in [-0.2, -0.15) is 0 Å². The molecule has 0 spiro atoms. The molecule has 4 aliphatic rings. The van der Waals surface area contributed by atoms with Crippen molar-refractivity contribution in [2.24, 2.45) is 0 Å². The zero-order chi connectivity index (χ0) is 28.6. The number of hydrogen-bond donors (Lipinski definition) is 0. The maximum Gasteiger partial charge on any atom is 0.514 e. The Hall–Kier alpha value is -3.96. The molecule has 0 aromatic rings. The summed E-state index contributed by atoms with van der Waals surface area (Å²) in [5.74, 6) is 1.61. The smallest absolute Gasteiger partial charge is 0.423 e. The molecule has 0 aromatic heterocycles. The lowest BCUT2D eigenvalue weighted by atomic mass is 9.96. The van der Waals surface area contributed by atoms with Gasteiger partial charge in [-0.05, 0) is 40.0 Å². The molecule has 12 nitrogen and oxygen atoms in total. The summed E-state index contributed by atoms with van der Waals surface area (Å²) < 4.78 is 37.0. The van der Waals surface area contributed by atoms with Gasteiger partial charge in [0.2, 0.25) is 0 Å². The van der Waals surface area contributed by atoms with Crippen LogP contribution in [-0.2, 0) is 37.9 Å². The first-order valence-electron chi connectivity index (χ1n) is 11.5. The Balaban J connectivity index is 0.000000248. The van der Waals surface area contributed by atoms with Gasteiger partial charge in [0.15, 0.2) is 23.4 Å². The molecule has 12 heteroatoms. The number of hydrogen-bond acceptors (Lipinski definition) is 12. The molecule has 4 heterocycles. The number of carbonyl (C=O) groups is 4. The van der Waals surface area contributed by atoms with Crippen LogP contribution in [0.15, 0.2) is 49.4 Å².